The standard InChI is InChI=1S/C7H9NO2/c8-4-3-5-1-2-6(5)7(9)10/h5-6H,1-3H2,(H,9,10)/t5-,6-/m0/s1. The Balaban J connectivity index is 2.37. The maximum atomic E-state index is 10.4. The summed E-state index contributed by atoms with van der Waals surface area (Å²) in [6, 6.07) is 1.99. The molecule has 1 rings (SSSR count). The first kappa shape index (κ1) is 7.07. The van der Waals surface area contributed by atoms with Crippen LogP contribution in [0.3, 0.4) is 0 Å². The Morgan fingerprint density at radius 1 is 1.70 bits per heavy atom. The third-order valence-corrected chi connectivity index (χ3v) is 2.09. The third kappa shape index (κ3) is 1.10. The van der Waals surface area contributed by atoms with E-state index in [0.717, 1.165) is 12.8 Å². The largest absolute Gasteiger partial charge is 0.481 e. The summed E-state index contributed by atoms with van der Waals surface area (Å²) in [4.78, 5) is 10.4. The molecular weight excluding hydrogens is 130 g/mol. The summed E-state index contributed by atoms with van der Waals surface area (Å²) in [5.74, 6) is -0.853. The number of aliphatic carboxylic acids is 1. The maximum absolute atomic E-state index is 10.4. The molecule has 0 unspecified atom stereocenters. The van der Waals surface area contributed by atoms with E-state index in [9.17, 15) is 4.79 Å². The molecule has 0 bridgehead atoms. The lowest BCUT2D eigenvalue weighted by atomic mass is 9.72. The second-order valence-electron chi connectivity index (χ2n) is 2.64. The average Bonchev–Trinajstić information content (AvgIpc) is 1.78. The topological polar surface area (TPSA) is 61.1 Å². The van der Waals surface area contributed by atoms with Crippen LogP contribution in [0.5, 0.6) is 0 Å². The van der Waals surface area contributed by atoms with Crippen LogP contribution in [0.4, 0.5) is 0 Å². The van der Waals surface area contributed by atoms with E-state index in [4.69, 9.17) is 10.4 Å². The van der Waals surface area contributed by atoms with Crippen molar-refractivity contribution in [3.63, 3.8) is 0 Å². The molecule has 1 aliphatic rings. The number of carbonyl (C=O) groups is 1. The van der Waals surface area contributed by atoms with Gasteiger partial charge in [-0.05, 0) is 18.8 Å². The number of nitriles is 1. The van der Waals surface area contributed by atoms with E-state index in [1.807, 2.05) is 6.07 Å². The zero-order chi connectivity index (χ0) is 7.56. The van der Waals surface area contributed by atoms with Crippen molar-refractivity contribution >= 4 is 5.97 Å². The van der Waals surface area contributed by atoms with Gasteiger partial charge in [0.2, 0.25) is 0 Å². The van der Waals surface area contributed by atoms with E-state index in [1.165, 1.54) is 0 Å². The van der Waals surface area contributed by atoms with E-state index in [1.54, 1.807) is 0 Å². The normalized spacial score (nSPS) is 30.3. The van der Waals surface area contributed by atoms with Crippen LogP contribution >= 0.6 is 0 Å². The van der Waals surface area contributed by atoms with Crippen LogP contribution in [-0.2, 0) is 4.79 Å². The van der Waals surface area contributed by atoms with Gasteiger partial charge in [-0.1, -0.05) is 0 Å². The van der Waals surface area contributed by atoms with Crippen LogP contribution in [0.1, 0.15) is 19.3 Å². The molecule has 0 radical (unpaired) electrons. The molecule has 0 aromatic carbocycles. The molecule has 10 heavy (non-hydrogen) atoms. The summed E-state index contributed by atoms with van der Waals surface area (Å²) >= 11 is 0. The lowest BCUT2D eigenvalue weighted by molar-refractivity contribution is -0.147. The summed E-state index contributed by atoms with van der Waals surface area (Å²) in [5.41, 5.74) is 0. The van der Waals surface area contributed by atoms with Gasteiger partial charge in [-0.2, -0.15) is 5.26 Å². The second kappa shape index (κ2) is 2.70. The number of carboxylic acid groups (broad SMARTS) is 1. The Labute approximate surface area is 59.3 Å². The molecular formula is C7H9NO2. The van der Waals surface area contributed by atoms with Crippen molar-refractivity contribution in [2.75, 3.05) is 0 Å². The number of hydrogen-bond acceptors (Lipinski definition) is 2. The van der Waals surface area contributed by atoms with E-state index in [0.29, 0.717) is 6.42 Å². The monoisotopic (exact) mass is 139 g/mol. The first-order valence-corrected chi connectivity index (χ1v) is 3.35. The van der Waals surface area contributed by atoms with Gasteiger partial charge in [0.25, 0.3) is 0 Å². The molecule has 1 saturated carbocycles. The summed E-state index contributed by atoms with van der Waals surface area (Å²) in [5, 5.41) is 16.8. The molecule has 0 saturated heterocycles. The van der Waals surface area contributed by atoms with Gasteiger partial charge in [-0.25, -0.2) is 0 Å². The van der Waals surface area contributed by atoms with Crippen LogP contribution in [-0.4, -0.2) is 11.1 Å². The van der Waals surface area contributed by atoms with Gasteiger partial charge in [-0.15, -0.1) is 0 Å². The van der Waals surface area contributed by atoms with Crippen LogP contribution in [0, 0.1) is 23.2 Å². The molecule has 0 amide bonds. The number of nitrogens with zero attached hydrogens (tertiary/aromatic N) is 1. The van der Waals surface area contributed by atoms with Gasteiger partial charge in [0.15, 0.2) is 0 Å². The van der Waals surface area contributed by atoms with Crippen LogP contribution < -0.4 is 0 Å². The van der Waals surface area contributed by atoms with E-state index < -0.39 is 5.97 Å². The Hall–Kier alpha value is -1.04. The van der Waals surface area contributed by atoms with Crippen molar-refractivity contribution in [1.82, 2.24) is 0 Å². The summed E-state index contributed by atoms with van der Waals surface area (Å²) in [6.07, 6.45) is 2.06. The molecule has 3 heteroatoms. The minimum absolute atomic E-state index is 0.127. The SMILES string of the molecule is N#CC[C@@H]1CC[C@@H]1C(=O)O. The number of hydrogen-bond donors (Lipinski definition) is 1. The molecule has 3 nitrogen and oxygen atoms in total. The molecule has 0 aliphatic heterocycles. The van der Waals surface area contributed by atoms with Crippen molar-refractivity contribution in [2.24, 2.45) is 11.8 Å². The Morgan fingerprint density at radius 3 is 2.70 bits per heavy atom. The zero-order valence-electron chi connectivity index (χ0n) is 5.58. The molecule has 1 N–H and O–H groups in total. The maximum Gasteiger partial charge on any atom is 0.306 e. The third-order valence-electron chi connectivity index (χ3n) is 2.09. The minimum atomic E-state index is -0.744. The van der Waals surface area contributed by atoms with Crippen LogP contribution in [0.15, 0.2) is 0 Å². The molecule has 0 heterocycles. The van der Waals surface area contributed by atoms with E-state index >= 15 is 0 Å². The highest BCUT2D eigenvalue weighted by molar-refractivity contribution is 5.71. The van der Waals surface area contributed by atoms with Crippen molar-refractivity contribution in [3.8, 4) is 6.07 Å². The van der Waals surface area contributed by atoms with Crippen molar-refractivity contribution in [3.05, 3.63) is 0 Å². The average molecular weight is 139 g/mol. The van der Waals surface area contributed by atoms with Gasteiger partial charge in [0, 0.05) is 6.42 Å². The number of rotatable bonds is 2. The van der Waals surface area contributed by atoms with Crippen molar-refractivity contribution in [1.29, 1.82) is 5.26 Å². The zero-order valence-corrected chi connectivity index (χ0v) is 5.58. The fraction of sp³-hybridized carbons (Fsp3) is 0.714. The Morgan fingerprint density at radius 2 is 2.40 bits per heavy atom. The molecule has 1 fully saturated rings. The molecule has 0 aromatic heterocycles. The predicted molar refractivity (Wildman–Crippen MR) is 34.1 cm³/mol. The molecule has 54 valence electrons. The lowest BCUT2D eigenvalue weighted by Gasteiger charge is -2.31. The molecule has 0 aromatic rings. The van der Waals surface area contributed by atoms with Gasteiger partial charge < -0.3 is 5.11 Å². The Kier molecular flexibility index (Phi) is 1.91. The minimum Gasteiger partial charge on any atom is -0.481 e. The summed E-state index contributed by atoms with van der Waals surface area (Å²) in [7, 11) is 0. The summed E-state index contributed by atoms with van der Waals surface area (Å²) < 4.78 is 0. The first-order valence-electron chi connectivity index (χ1n) is 3.35. The van der Waals surface area contributed by atoms with Crippen molar-refractivity contribution in [2.45, 2.75) is 19.3 Å². The molecule has 0 spiro atoms. The predicted octanol–water partition coefficient (Wildman–Crippen LogP) is 1.01. The van der Waals surface area contributed by atoms with Gasteiger partial charge in [0.05, 0.1) is 12.0 Å². The molecule has 2 atom stereocenters. The smallest absolute Gasteiger partial charge is 0.306 e. The van der Waals surface area contributed by atoms with Gasteiger partial charge >= 0.3 is 5.97 Å². The van der Waals surface area contributed by atoms with E-state index in [-0.39, 0.29) is 11.8 Å². The highest BCUT2D eigenvalue weighted by atomic mass is 16.4. The molecule has 1 aliphatic carbocycles. The highest BCUT2D eigenvalue weighted by Gasteiger charge is 2.35. The fourth-order valence-corrected chi connectivity index (χ4v) is 1.26. The van der Waals surface area contributed by atoms with Gasteiger partial charge in [0.1, 0.15) is 0 Å². The van der Waals surface area contributed by atoms with E-state index in [2.05, 4.69) is 0 Å². The Bertz CT molecular complexity index is 183. The fourth-order valence-electron chi connectivity index (χ4n) is 1.26. The first-order chi connectivity index (χ1) is 4.75. The second-order valence-corrected chi connectivity index (χ2v) is 2.64. The lowest BCUT2D eigenvalue weighted by Crippen LogP contribution is -2.32. The van der Waals surface area contributed by atoms with Crippen LogP contribution in [0.25, 0.3) is 0 Å². The quantitative estimate of drug-likeness (QED) is 0.621. The highest BCUT2D eigenvalue weighted by Crippen LogP contribution is 2.36. The number of carboxylic acids is 1. The van der Waals surface area contributed by atoms with Gasteiger partial charge in [-0.3, -0.25) is 4.79 Å². The van der Waals surface area contributed by atoms with Crippen molar-refractivity contribution < 1.29 is 9.90 Å². The summed E-state index contributed by atoms with van der Waals surface area (Å²) in [6.45, 7) is 0. The van der Waals surface area contributed by atoms with Crippen LogP contribution in [0.2, 0.25) is 0 Å².